The highest BCUT2D eigenvalue weighted by Gasteiger charge is 1.98. The number of hydrogen-bond acceptors (Lipinski definition) is 3. The number of pyridine rings is 1. The zero-order valence-corrected chi connectivity index (χ0v) is 9.08. The van der Waals surface area contributed by atoms with Gasteiger partial charge in [0.1, 0.15) is 0 Å². The maximum atomic E-state index is 10.9. The largest absolute Gasteiger partial charge is 0.366 e. The normalized spacial score (nSPS) is 10.6. The van der Waals surface area contributed by atoms with Crippen molar-refractivity contribution in [2.75, 3.05) is 0 Å². The predicted octanol–water partition coefficient (Wildman–Crippen LogP) is 1.93. The molecule has 0 unspecified atom stereocenters. The fourth-order valence-corrected chi connectivity index (χ4v) is 1.31. The Morgan fingerprint density at radius 3 is 2.59 bits per heavy atom. The Labute approximate surface area is 98.8 Å². The second-order valence-electron chi connectivity index (χ2n) is 3.46. The third kappa shape index (κ3) is 2.98. The summed E-state index contributed by atoms with van der Waals surface area (Å²) < 4.78 is 0. The van der Waals surface area contributed by atoms with E-state index in [0.717, 1.165) is 11.3 Å². The number of carbonyl (C=O) groups is 1. The number of hydrogen-bond donors (Lipinski definition) is 1. The van der Waals surface area contributed by atoms with E-state index in [1.807, 2.05) is 12.1 Å². The van der Waals surface area contributed by atoms with Gasteiger partial charge in [0, 0.05) is 29.7 Å². The van der Waals surface area contributed by atoms with E-state index in [1.165, 1.54) is 0 Å². The lowest BCUT2D eigenvalue weighted by molar-refractivity contribution is 0.100. The number of nitrogens with two attached hydrogens (primary N) is 1. The highest BCUT2D eigenvalue weighted by molar-refractivity contribution is 5.93. The van der Waals surface area contributed by atoms with Crippen molar-refractivity contribution in [1.29, 1.82) is 0 Å². The monoisotopic (exact) mass is 225 g/mol. The molecule has 1 heterocycles. The second kappa shape index (κ2) is 5.03. The van der Waals surface area contributed by atoms with Crippen LogP contribution < -0.4 is 5.73 Å². The van der Waals surface area contributed by atoms with E-state index in [0.29, 0.717) is 5.56 Å². The van der Waals surface area contributed by atoms with Crippen LogP contribution in [0.5, 0.6) is 0 Å². The average molecular weight is 225 g/mol. The predicted molar refractivity (Wildman–Crippen MR) is 66.5 cm³/mol. The molecule has 1 aromatic carbocycles. The molecule has 2 rings (SSSR count). The fourth-order valence-electron chi connectivity index (χ4n) is 1.31. The molecule has 4 heteroatoms. The van der Waals surface area contributed by atoms with Gasteiger partial charge in [-0.2, -0.15) is 0 Å². The molecule has 2 N–H and O–H groups in total. The molecule has 0 atom stereocenters. The average Bonchev–Trinajstić information content (AvgIpc) is 2.38. The molecule has 0 aliphatic rings. The molecule has 1 amide bonds. The summed E-state index contributed by atoms with van der Waals surface area (Å²) in [6, 6.07) is 10.5. The Balaban J connectivity index is 2.14. The summed E-state index contributed by atoms with van der Waals surface area (Å²) in [7, 11) is 0. The maximum Gasteiger partial charge on any atom is 0.248 e. The molecule has 2 aromatic rings. The van der Waals surface area contributed by atoms with Gasteiger partial charge in [-0.15, -0.1) is 0 Å². The molecule has 0 saturated heterocycles. The number of carbonyl (C=O) groups excluding carboxylic acids is 1. The van der Waals surface area contributed by atoms with Crippen LogP contribution in [-0.2, 0) is 0 Å². The van der Waals surface area contributed by atoms with Crippen LogP contribution in [0.25, 0.3) is 0 Å². The number of aliphatic imine (C=N–C) groups is 1. The van der Waals surface area contributed by atoms with Crippen molar-refractivity contribution >= 4 is 17.8 Å². The first kappa shape index (κ1) is 11.0. The Morgan fingerprint density at radius 2 is 2.00 bits per heavy atom. The summed E-state index contributed by atoms with van der Waals surface area (Å²) in [6.07, 6.45) is 5.15. The molecule has 17 heavy (non-hydrogen) atoms. The molecular weight excluding hydrogens is 214 g/mol. The van der Waals surface area contributed by atoms with Gasteiger partial charge < -0.3 is 5.73 Å². The molecule has 0 saturated carbocycles. The van der Waals surface area contributed by atoms with Crippen LogP contribution in [0.1, 0.15) is 15.9 Å². The number of benzene rings is 1. The summed E-state index contributed by atoms with van der Waals surface area (Å²) in [5.41, 5.74) is 7.31. The van der Waals surface area contributed by atoms with E-state index in [4.69, 9.17) is 5.73 Å². The minimum Gasteiger partial charge on any atom is -0.366 e. The topological polar surface area (TPSA) is 68.3 Å². The summed E-state index contributed by atoms with van der Waals surface area (Å²) in [6.45, 7) is 0. The number of amides is 1. The van der Waals surface area contributed by atoms with E-state index in [2.05, 4.69) is 9.98 Å². The van der Waals surface area contributed by atoms with E-state index in [1.54, 1.807) is 42.9 Å². The van der Waals surface area contributed by atoms with Gasteiger partial charge in [-0.1, -0.05) is 6.07 Å². The van der Waals surface area contributed by atoms with E-state index >= 15 is 0 Å². The molecule has 84 valence electrons. The van der Waals surface area contributed by atoms with Crippen LogP contribution in [0.3, 0.4) is 0 Å². The SMILES string of the molecule is NC(=O)c1ccc(N=Cc2cccnc2)cc1. The quantitative estimate of drug-likeness (QED) is 0.811. The van der Waals surface area contributed by atoms with Crippen LogP contribution in [-0.4, -0.2) is 17.1 Å². The van der Waals surface area contributed by atoms with Crippen LogP contribution in [0.4, 0.5) is 5.69 Å². The lowest BCUT2D eigenvalue weighted by Gasteiger charge is -1.96. The van der Waals surface area contributed by atoms with Crippen molar-refractivity contribution in [3.05, 3.63) is 59.9 Å². The van der Waals surface area contributed by atoms with Gasteiger partial charge in [0.05, 0.1) is 5.69 Å². The lowest BCUT2D eigenvalue weighted by atomic mass is 10.2. The zero-order chi connectivity index (χ0) is 12.1. The van der Waals surface area contributed by atoms with Gasteiger partial charge in [-0.05, 0) is 30.3 Å². The molecule has 0 radical (unpaired) electrons. The van der Waals surface area contributed by atoms with Crippen LogP contribution >= 0.6 is 0 Å². The summed E-state index contributed by atoms with van der Waals surface area (Å²) >= 11 is 0. The highest BCUT2D eigenvalue weighted by Crippen LogP contribution is 2.12. The molecule has 0 aliphatic carbocycles. The highest BCUT2D eigenvalue weighted by atomic mass is 16.1. The second-order valence-corrected chi connectivity index (χ2v) is 3.46. The fraction of sp³-hybridized carbons (Fsp3) is 0. The van der Waals surface area contributed by atoms with Gasteiger partial charge in [0.2, 0.25) is 5.91 Å². The molecule has 0 bridgehead atoms. The molecular formula is C13H11N3O. The smallest absolute Gasteiger partial charge is 0.248 e. The van der Waals surface area contributed by atoms with Gasteiger partial charge in [-0.25, -0.2) is 0 Å². The number of aromatic nitrogens is 1. The van der Waals surface area contributed by atoms with Gasteiger partial charge >= 0.3 is 0 Å². The van der Waals surface area contributed by atoms with Crippen LogP contribution in [0.2, 0.25) is 0 Å². The molecule has 0 spiro atoms. The Kier molecular flexibility index (Phi) is 3.25. The van der Waals surface area contributed by atoms with Crippen molar-refractivity contribution in [2.45, 2.75) is 0 Å². The van der Waals surface area contributed by atoms with Crippen molar-refractivity contribution in [3.63, 3.8) is 0 Å². The Hall–Kier alpha value is -2.49. The molecule has 1 aromatic heterocycles. The third-order valence-corrected chi connectivity index (χ3v) is 2.20. The molecule has 0 aliphatic heterocycles. The maximum absolute atomic E-state index is 10.9. The van der Waals surface area contributed by atoms with Crippen molar-refractivity contribution in [3.8, 4) is 0 Å². The Morgan fingerprint density at radius 1 is 1.24 bits per heavy atom. The lowest BCUT2D eigenvalue weighted by Crippen LogP contribution is -2.10. The molecule has 0 fully saturated rings. The number of rotatable bonds is 3. The molecule has 4 nitrogen and oxygen atoms in total. The number of nitrogens with zero attached hydrogens (tertiary/aromatic N) is 2. The van der Waals surface area contributed by atoms with Crippen molar-refractivity contribution in [2.24, 2.45) is 10.7 Å². The van der Waals surface area contributed by atoms with Crippen LogP contribution in [0.15, 0.2) is 53.8 Å². The van der Waals surface area contributed by atoms with Crippen LogP contribution in [0, 0.1) is 0 Å². The standard InChI is InChI=1S/C13H11N3O/c14-13(17)11-3-5-12(6-4-11)16-9-10-2-1-7-15-8-10/h1-9H,(H2,14,17). The minimum absolute atomic E-state index is 0.437. The van der Waals surface area contributed by atoms with E-state index in [9.17, 15) is 4.79 Å². The van der Waals surface area contributed by atoms with E-state index in [-0.39, 0.29) is 0 Å². The summed E-state index contributed by atoms with van der Waals surface area (Å²) in [5, 5.41) is 0. The first-order valence-corrected chi connectivity index (χ1v) is 5.10. The number of primary amides is 1. The summed E-state index contributed by atoms with van der Waals surface area (Å²) in [5.74, 6) is -0.437. The third-order valence-electron chi connectivity index (χ3n) is 2.20. The van der Waals surface area contributed by atoms with Crippen molar-refractivity contribution < 1.29 is 4.79 Å². The van der Waals surface area contributed by atoms with Crippen molar-refractivity contribution in [1.82, 2.24) is 4.98 Å². The Bertz CT molecular complexity index is 532. The first-order chi connectivity index (χ1) is 8.25. The first-order valence-electron chi connectivity index (χ1n) is 5.10. The van der Waals surface area contributed by atoms with Gasteiger partial charge in [0.25, 0.3) is 0 Å². The summed E-state index contributed by atoms with van der Waals surface area (Å²) in [4.78, 5) is 19.1. The van der Waals surface area contributed by atoms with Gasteiger partial charge in [0.15, 0.2) is 0 Å². The minimum atomic E-state index is -0.437. The van der Waals surface area contributed by atoms with Gasteiger partial charge in [-0.3, -0.25) is 14.8 Å². The van der Waals surface area contributed by atoms with E-state index < -0.39 is 5.91 Å². The zero-order valence-electron chi connectivity index (χ0n) is 9.08.